The van der Waals surface area contributed by atoms with Crippen LogP contribution >= 0.6 is 11.3 Å². The molecule has 0 aliphatic heterocycles. The van der Waals surface area contributed by atoms with E-state index < -0.39 is 11.7 Å². The Hall–Kier alpha value is -4.50. The molecule has 2 heterocycles. The second-order valence-corrected chi connectivity index (χ2v) is 8.47. The highest BCUT2D eigenvalue weighted by Crippen LogP contribution is 2.29. The number of hydrogen-bond acceptors (Lipinski definition) is 6. The summed E-state index contributed by atoms with van der Waals surface area (Å²) in [6.07, 6.45) is 0. The largest absolute Gasteiger partial charge is 0.497 e. The summed E-state index contributed by atoms with van der Waals surface area (Å²) < 4.78 is 5.97. The van der Waals surface area contributed by atoms with E-state index in [9.17, 15) is 14.4 Å². The molecule has 9 heteroatoms. The molecule has 3 aromatic carbocycles. The molecule has 8 nitrogen and oxygen atoms in total. The Kier molecular flexibility index (Phi) is 5.52. The van der Waals surface area contributed by atoms with Crippen LogP contribution in [-0.4, -0.2) is 34.7 Å². The van der Waals surface area contributed by atoms with E-state index in [1.54, 1.807) is 61.7 Å². The van der Waals surface area contributed by atoms with Crippen molar-refractivity contribution in [3.63, 3.8) is 0 Å². The molecule has 0 saturated heterocycles. The molecule has 0 fully saturated rings. The van der Waals surface area contributed by atoms with Gasteiger partial charge in [0.15, 0.2) is 5.13 Å². The Morgan fingerprint density at radius 1 is 0.941 bits per heavy atom. The minimum atomic E-state index is -0.723. The molecule has 2 aromatic heterocycles. The number of aromatic nitrogens is 2. The smallest absolute Gasteiger partial charge is 0.296 e. The van der Waals surface area contributed by atoms with Crippen molar-refractivity contribution in [1.29, 1.82) is 0 Å². The molecule has 0 aliphatic carbocycles. The number of ketones is 1. The molecule has 0 spiro atoms. The van der Waals surface area contributed by atoms with Crippen molar-refractivity contribution in [3.05, 3.63) is 84.1 Å². The van der Waals surface area contributed by atoms with Gasteiger partial charge in [0.25, 0.3) is 17.6 Å². The number of anilines is 2. The van der Waals surface area contributed by atoms with Gasteiger partial charge >= 0.3 is 0 Å². The van der Waals surface area contributed by atoms with Crippen LogP contribution in [0.15, 0.2) is 72.8 Å². The van der Waals surface area contributed by atoms with E-state index in [0.29, 0.717) is 33.3 Å². The first kappa shape index (κ1) is 21.4. The fourth-order valence-corrected chi connectivity index (χ4v) is 4.39. The average Bonchev–Trinajstić information content (AvgIpc) is 3.46. The predicted octanol–water partition coefficient (Wildman–Crippen LogP) is 4.86. The van der Waals surface area contributed by atoms with Crippen LogP contribution in [0, 0.1) is 0 Å². The highest BCUT2D eigenvalue weighted by atomic mass is 32.1. The molecule has 0 aliphatic rings. The van der Waals surface area contributed by atoms with Crippen molar-refractivity contribution in [2.45, 2.75) is 0 Å². The van der Waals surface area contributed by atoms with Crippen molar-refractivity contribution in [2.24, 2.45) is 0 Å². The van der Waals surface area contributed by atoms with Crippen LogP contribution < -0.4 is 15.4 Å². The number of aromatic amines is 1. The van der Waals surface area contributed by atoms with Gasteiger partial charge in [-0.05, 0) is 42.5 Å². The van der Waals surface area contributed by atoms with Crippen LogP contribution in [0.25, 0.3) is 21.1 Å². The number of benzene rings is 3. The zero-order valence-electron chi connectivity index (χ0n) is 17.9. The molecule has 168 valence electrons. The number of ether oxygens (including phenoxy) is 1. The molecular formula is C25H18N4O4S. The Bertz CT molecular complexity index is 1560. The predicted molar refractivity (Wildman–Crippen MR) is 132 cm³/mol. The highest BCUT2D eigenvalue weighted by Gasteiger charge is 2.17. The first-order chi connectivity index (χ1) is 16.5. The fraction of sp³-hybridized carbons (Fsp3) is 0.0400. The number of thiazole rings is 1. The molecule has 5 aromatic rings. The topological polar surface area (TPSA) is 113 Å². The minimum absolute atomic E-state index is 0.319. The van der Waals surface area contributed by atoms with E-state index in [1.807, 2.05) is 18.2 Å². The molecular weight excluding hydrogens is 452 g/mol. The summed E-state index contributed by atoms with van der Waals surface area (Å²) in [4.78, 5) is 44.9. The van der Waals surface area contributed by atoms with Gasteiger partial charge in [-0.25, -0.2) is 4.98 Å². The summed E-state index contributed by atoms with van der Waals surface area (Å²) >= 11 is 1.27. The molecule has 3 N–H and O–H groups in total. The van der Waals surface area contributed by atoms with Crippen molar-refractivity contribution < 1.29 is 19.1 Å². The number of methoxy groups -OCH3 is 1. The van der Waals surface area contributed by atoms with E-state index in [4.69, 9.17) is 4.74 Å². The second-order valence-electron chi connectivity index (χ2n) is 7.44. The van der Waals surface area contributed by atoms with Crippen LogP contribution in [0.5, 0.6) is 5.75 Å². The lowest BCUT2D eigenvalue weighted by Crippen LogP contribution is -2.22. The molecule has 34 heavy (non-hydrogen) atoms. The normalized spacial score (nSPS) is 10.9. The van der Waals surface area contributed by atoms with Crippen LogP contribution in [0.3, 0.4) is 0 Å². The molecule has 0 radical (unpaired) electrons. The molecule has 5 rings (SSSR count). The maximum Gasteiger partial charge on any atom is 0.296 e. The van der Waals surface area contributed by atoms with Crippen LogP contribution in [-0.2, 0) is 4.79 Å². The number of nitrogens with one attached hydrogen (secondary N) is 3. The van der Waals surface area contributed by atoms with Crippen molar-refractivity contribution in [1.82, 2.24) is 9.97 Å². The van der Waals surface area contributed by atoms with Gasteiger partial charge in [-0.1, -0.05) is 41.7 Å². The average molecular weight is 471 g/mol. The van der Waals surface area contributed by atoms with Gasteiger partial charge in [0.1, 0.15) is 11.4 Å². The lowest BCUT2D eigenvalue weighted by molar-refractivity contribution is -0.112. The zero-order chi connectivity index (χ0) is 23.7. The lowest BCUT2D eigenvalue weighted by atomic mass is 10.1. The number of H-pyrrole nitrogens is 1. The first-order valence-electron chi connectivity index (χ1n) is 10.3. The summed E-state index contributed by atoms with van der Waals surface area (Å²) in [6, 6.07) is 20.7. The van der Waals surface area contributed by atoms with Gasteiger partial charge in [0.2, 0.25) is 0 Å². The van der Waals surface area contributed by atoms with E-state index in [2.05, 4.69) is 20.6 Å². The molecule has 0 unspecified atom stereocenters. The fourth-order valence-electron chi connectivity index (χ4n) is 3.49. The molecule has 0 bridgehead atoms. The van der Waals surface area contributed by atoms with E-state index in [-0.39, 0.29) is 5.91 Å². The maximum atomic E-state index is 12.7. The SMILES string of the molecule is COc1ccc2[nH]c(C(=O)Nc3nc4ccc(NC(=O)C(=O)c5ccccc5)cc4s3)cc2c1. The Morgan fingerprint density at radius 3 is 2.56 bits per heavy atom. The first-order valence-corrected chi connectivity index (χ1v) is 11.1. The van der Waals surface area contributed by atoms with E-state index in [1.165, 1.54) is 11.3 Å². The van der Waals surface area contributed by atoms with Crippen molar-refractivity contribution in [3.8, 4) is 5.75 Å². The third-order valence-electron chi connectivity index (χ3n) is 5.18. The Morgan fingerprint density at radius 2 is 1.76 bits per heavy atom. The van der Waals surface area contributed by atoms with Gasteiger partial charge in [0.05, 0.1) is 17.3 Å². The number of fused-ring (bicyclic) bond motifs is 2. The monoisotopic (exact) mass is 470 g/mol. The number of carbonyl (C=O) groups is 3. The summed E-state index contributed by atoms with van der Waals surface area (Å²) in [7, 11) is 1.59. The summed E-state index contributed by atoms with van der Waals surface area (Å²) in [5.74, 6) is -0.956. The Balaban J connectivity index is 1.31. The van der Waals surface area contributed by atoms with Gasteiger partial charge in [-0.3, -0.25) is 19.7 Å². The number of hydrogen-bond donors (Lipinski definition) is 3. The highest BCUT2D eigenvalue weighted by molar-refractivity contribution is 7.22. The number of Topliss-reactive ketones (excluding diaryl/α,β-unsaturated/α-hetero) is 1. The minimum Gasteiger partial charge on any atom is -0.497 e. The van der Waals surface area contributed by atoms with Gasteiger partial charge in [-0.15, -0.1) is 0 Å². The van der Waals surface area contributed by atoms with Crippen LogP contribution in [0.4, 0.5) is 10.8 Å². The summed E-state index contributed by atoms with van der Waals surface area (Å²) in [6.45, 7) is 0. The third kappa shape index (κ3) is 4.24. The van der Waals surface area contributed by atoms with Crippen molar-refractivity contribution in [2.75, 3.05) is 17.7 Å². The Labute approximate surface area is 197 Å². The maximum absolute atomic E-state index is 12.7. The molecule has 0 saturated carbocycles. The van der Waals surface area contributed by atoms with Gasteiger partial charge < -0.3 is 15.0 Å². The second kappa shape index (κ2) is 8.80. The quantitative estimate of drug-likeness (QED) is 0.242. The van der Waals surface area contributed by atoms with Gasteiger partial charge in [-0.2, -0.15) is 0 Å². The summed E-state index contributed by atoms with van der Waals surface area (Å²) in [5, 5.41) is 6.70. The van der Waals surface area contributed by atoms with Crippen LogP contribution in [0.1, 0.15) is 20.8 Å². The third-order valence-corrected chi connectivity index (χ3v) is 6.12. The van der Waals surface area contributed by atoms with Crippen molar-refractivity contribution >= 4 is 60.9 Å². The lowest BCUT2D eigenvalue weighted by Gasteiger charge is -2.04. The molecule has 0 atom stereocenters. The molecule has 2 amide bonds. The number of amides is 2. The number of rotatable bonds is 6. The van der Waals surface area contributed by atoms with E-state index in [0.717, 1.165) is 15.6 Å². The summed E-state index contributed by atoms with van der Waals surface area (Å²) in [5.41, 5.74) is 2.66. The standard InChI is InChI=1S/C25H18N4O4S/c1-33-17-8-10-18-15(11-17)12-20(27-18)23(31)29-25-28-19-9-7-16(13-21(19)34-25)26-24(32)22(30)14-5-3-2-4-6-14/h2-13,27H,1H3,(H,26,32)(H,28,29,31). The van der Waals surface area contributed by atoms with Gasteiger partial charge in [0, 0.05) is 22.2 Å². The van der Waals surface area contributed by atoms with E-state index >= 15 is 0 Å². The van der Waals surface area contributed by atoms with Crippen LogP contribution in [0.2, 0.25) is 0 Å². The number of nitrogens with zero attached hydrogens (tertiary/aromatic N) is 1. The number of carbonyl (C=O) groups excluding carboxylic acids is 3. The zero-order valence-corrected chi connectivity index (χ0v) is 18.7.